The van der Waals surface area contributed by atoms with E-state index in [-0.39, 0.29) is 24.4 Å². The van der Waals surface area contributed by atoms with E-state index in [1.165, 1.54) is 0 Å². The molecule has 1 spiro atoms. The van der Waals surface area contributed by atoms with Crippen LogP contribution in [0.5, 0.6) is 0 Å². The summed E-state index contributed by atoms with van der Waals surface area (Å²) in [6.07, 6.45) is 0.568. The Hall–Kier alpha value is -1.63. The highest BCUT2D eigenvalue weighted by molar-refractivity contribution is 6.09. The molecule has 4 amide bonds. The number of urea groups is 1. The van der Waals surface area contributed by atoms with Gasteiger partial charge in [0.25, 0.3) is 5.91 Å². The molecule has 3 N–H and O–H groups in total. The first-order valence-electron chi connectivity index (χ1n) is 7.00. The summed E-state index contributed by atoms with van der Waals surface area (Å²) in [5, 5.41) is 8.57. The molecule has 0 radical (unpaired) electrons. The molecule has 2 atom stereocenters. The van der Waals surface area contributed by atoms with Crippen LogP contribution >= 0.6 is 0 Å². The molecule has 2 rings (SSSR count). The summed E-state index contributed by atoms with van der Waals surface area (Å²) in [6.45, 7) is 6.80. The van der Waals surface area contributed by atoms with Gasteiger partial charge in [0.15, 0.2) is 0 Å². The maximum atomic E-state index is 12.3. The maximum Gasteiger partial charge on any atom is 0.325 e. The van der Waals surface area contributed by atoms with Crippen LogP contribution in [0.2, 0.25) is 0 Å². The Morgan fingerprint density at radius 1 is 1.40 bits per heavy atom. The van der Waals surface area contributed by atoms with E-state index in [9.17, 15) is 14.4 Å². The highest BCUT2D eigenvalue weighted by Gasteiger charge is 2.52. The van der Waals surface area contributed by atoms with Gasteiger partial charge in [-0.3, -0.25) is 14.5 Å². The Morgan fingerprint density at radius 2 is 2.10 bits per heavy atom. The zero-order chi connectivity index (χ0) is 14.9. The van der Waals surface area contributed by atoms with Crippen LogP contribution in [-0.2, 0) is 9.59 Å². The maximum absolute atomic E-state index is 12.3. The Labute approximate surface area is 118 Å². The smallest absolute Gasteiger partial charge is 0.325 e. The second-order valence-electron chi connectivity index (χ2n) is 5.93. The SMILES string of the molecule is CC(C)C(C)NC(=O)CN1C(=O)NC2(CCNC2)C1=O. The molecule has 0 aliphatic carbocycles. The van der Waals surface area contributed by atoms with Gasteiger partial charge in [0.05, 0.1) is 0 Å². The minimum absolute atomic E-state index is 0.00498. The van der Waals surface area contributed by atoms with Crippen molar-refractivity contribution in [3.05, 3.63) is 0 Å². The third-order valence-electron chi connectivity index (χ3n) is 4.09. The fourth-order valence-electron chi connectivity index (χ4n) is 2.41. The number of carbonyl (C=O) groups excluding carboxylic acids is 3. The van der Waals surface area contributed by atoms with Crippen molar-refractivity contribution < 1.29 is 14.4 Å². The third-order valence-corrected chi connectivity index (χ3v) is 4.09. The minimum atomic E-state index is -0.846. The standard InChI is InChI=1S/C13H22N4O3/c1-8(2)9(3)15-10(18)6-17-11(19)13(16-12(17)20)4-5-14-7-13/h8-9,14H,4-7H2,1-3H3,(H,15,18)(H,16,20). The second kappa shape index (κ2) is 5.40. The van der Waals surface area contributed by atoms with Gasteiger partial charge in [-0.05, 0) is 25.8 Å². The highest BCUT2D eigenvalue weighted by Crippen LogP contribution is 2.23. The first-order chi connectivity index (χ1) is 9.35. The molecule has 2 heterocycles. The Kier molecular flexibility index (Phi) is 3.99. The van der Waals surface area contributed by atoms with Crippen LogP contribution in [0.3, 0.4) is 0 Å². The van der Waals surface area contributed by atoms with Gasteiger partial charge in [0, 0.05) is 12.6 Å². The van der Waals surface area contributed by atoms with Gasteiger partial charge in [-0.15, -0.1) is 0 Å². The zero-order valence-corrected chi connectivity index (χ0v) is 12.2. The van der Waals surface area contributed by atoms with E-state index >= 15 is 0 Å². The summed E-state index contributed by atoms with van der Waals surface area (Å²) in [5.74, 6) is -0.315. The van der Waals surface area contributed by atoms with Crippen molar-refractivity contribution in [3.8, 4) is 0 Å². The van der Waals surface area contributed by atoms with Crippen molar-refractivity contribution in [1.82, 2.24) is 20.9 Å². The van der Waals surface area contributed by atoms with E-state index in [2.05, 4.69) is 16.0 Å². The highest BCUT2D eigenvalue weighted by atomic mass is 16.2. The summed E-state index contributed by atoms with van der Waals surface area (Å²) in [5.41, 5.74) is -0.846. The molecule has 112 valence electrons. The number of nitrogens with one attached hydrogen (secondary N) is 3. The number of hydrogen-bond acceptors (Lipinski definition) is 4. The average molecular weight is 282 g/mol. The van der Waals surface area contributed by atoms with Crippen molar-refractivity contribution in [3.63, 3.8) is 0 Å². The van der Waals surface area contributed by atoms with E-state index in [0.29, 0.717) is 25.4 Å². The van der Waals surface area contributed by atoms with Crippen molar-refractivity contribution in [2.24, 2.45) is 5.92 Å². The van der Waals surface area contributed by atoms with Crippen molar-refractivity contribution in [1.29, 1.82) is 0 Å². The monoisotopic (exact) mass is 282 g/mol. The van der Waals surface area contributed by atoms with Gasteiger partial charge < -0.3 is 16.0 Å². The molecule has 2 saturated heterocycles. The van der Waals surface area contributed by atoms with Crippen molar-refractivity contribution >= 4 is 17.8 Å². The van der Waals surface area contributed by atoms with Crippen LogP contribution in [0, 0.1) is 5.92 Å². The predicted molar refractivity (Wildman–Crippen MR) is 72.9 cm³/mol. The normalized spacial score (nSPS) is 27.3. The zero-order valence-electron chi connectivity index (χ0n) is 12.2. The first-order valence-corrected chi connectivity index (χ1v) is 7.00. The fourth-order valence-corrected chi connectivity index (χ4v) is 2.41. The molecule has 0 aromatic rings. The summed E-state index contributed by atoms with van der Waals surface area (Å²) < 4.78 is 0. The lowest BCUT2D eigenvalue weighted by atomic mass is 9.99. The minimum Gasteiger partial charge on any atom is -0.352 e. The van der Waals surface area contributed by atoms with Crippen LogP contribution in [0.15, 0.2) is 0 Å². The largest absolute Gasteiger partial charge is 0.352 e. The van der Waals surface area contributed by atoms with Crippen molar-refractivity contribution in [2.75, 3.05) is 19.6 Å². The molecular weight excluding hydrogens is 260 g/mol. The van der Waals surface area contributed by atoms with E-state index in [1.54, 1.807) is 0 Å². The quantitative estimate of drug-likeness (QED) is 0.602. The lowest BCUT2D eigenvalue weighted by Crippen LogP contribution is -2.49. The molecule has 20 heavy (non-hydrogen) atoms. The molecule has 2 fully saturated rings. The Bertz CT molecular complexity index is 429. The molecule has 0 aromatic carbocycles. The molecule has 7 heteroatoms. The number of imide groups is 1. The molecule has 0 aromatic heterocycles. The van der Waals surface area contributed by atoms with Crippen LogP contribution in [0.25, 0.3) is 0 Å². The third kappa shape index (κ3) is 2.63. The molecule has 2 aliphatic rings. The van der Waals surface area contributed by atoms with E-state index in [0.717, 1.165) is 4.90 Å². The first kappa shape index (κ1) is 14.8. The molecule has 0 bridgehead atoms. The van der Waals surface area contributed by atoms with E-state index < -0.39 is 11.6 Å². The molecule has 2 aliphatic heterocycles. The van der Waals surface area contributed by atoms with Gasteiger partial charge >= 0.3 is 6.03 Å². The summed E-state index contributed by atoms with van der Waals surface area (Å²) in [7, 11) is 0. The van der Waals surface area contributed by atoms with Gasteiger partial charge in [0.2, 0.25) is 5.91 Å². The number of amides is 4. The van der Waals surface area contributed by atoms with Gasteiger partial charge in [-0.1, -0.05) is 13.8 Å². The Morgan fingerprint density at radius 3 is 2.65 bits per heavy atom. The lowest BCUT2D eigenvalue weighted by Gasteiger charge is -2.21. The lowest BCUT2D eigenvalue weighted by molar-refractivity contribution is -0.134. The average Bonchev–Trinajstić information content (AvgIpc) is 2.91. The van der Waals surface area contributed by atoms with Crippen molar-refractivity contribution in [2.45, 2.75) is 38.8 Å². The fraction of sp³-hybridized carbons (Fsp3) is 0.769. The summed E-state index contributed by atoms with van der Waals surface area (Å²) in [4.78, 5) is 37.1. The molecule has 2 unspecified atom stereocenters. The van der Waals surface area contributed by atoms with Crippen LogP contribution < -0.4 is 16.0 Å². The number of rotatable bonds is 4. The number of carbonyl (C=O) groups is 3. The number of hydrogen-bond donors (Lipinski definition) is 3. The van der Waals surface area contributed by atoms with Gasteiger partial charge in [-0.2, -0.15) is 0 Å². The van der Waals surface area contributed by atoms with Gasteiger partial charge in [0.1, 0.15) is 12.1 Å². The van der Waals surface area contributed by atoms with Crippen LogP contribution in [0.1, 0.15) is 27.2 Å². The second-order valence-corrected chi connectivity index (χ2v) is 5.93. The summed E-state index contributed by atoms with van der Waals surface area (Å²) >= 11 is 0. The molecule has 7 nitrogen and oxygen atoms in total. The molecule has 0 saturated carbocycles. The predicted octanol–water partition coefficient (Wildman–Crippen LogP) is -0.569. The molecular formula is C13H22N4O3. The van der Waals surface area contributed by atoms with Crippen LogP contribution in [-0.4, -0.2) is 54.0 Å². The van der Waals surface area contributed by atoms with Crippen LogP contribution in [0.4, 0.5) is 4.79 Å². The van der Waals surface area contributed by atoms with E-state index in [4.69, 9.17) is 0 Å². The summed E-state index contributed by atoms with van der Waals surface area (Å²) in [6, 6.07) is -0.476. The topological polar surface area (TPSA) is 90.5 Å². The van der Waals surface area contributed by atoms with E-state index in [1.807, 2.05) is 20.8 Å². The Balaban J connectivity index is 1.98. The van der Waals surface area contributed by atoms with Gasteiger partial charge in [-0.25, -0.2) is 4.79 Å². The number of nitrogens with zero attached hydrogens (tertiary/aromatic N) is 1.